The van der Waals surface area contributed by atoms with Crippen LogP contribution in [0.25, 0.3) is 22.7 Å². The first kappa shape index (κ1) is 22.6. The molecule has 0 aliphatic rings. The van der Waals surface area contributed by atoms with Gasteiger partial charge in [-0.1, -0.05) is 12.1 Å². The number of halogens is 6. The molecule has 0 aliphatic heterocycles. The molecule has 13 heteroatoms. The average molecular weight is 487 g/mol. The predicted molar refractivity (Wildman–Crippen MR) is 104 cm³/mol. The standard InChI is InChI=1S/C20H11F6N3O3S/c21-19(22,23)11-8-12(20(24,25)26)10-13(9-11)33(30,31)29-15-5-2-1-4-14(15)18-28-17-16(32-18)6-3-7-27-17/h1-10,29H. The highest BCUT2D eigenvalue weighted by Gasteiger charge is 2.38. The average Bonchev–Trinajstić information content (AvgIpc) is 3.16. The molecular formula is C20H11F6N3O3S. The van der Waals surface area contributed by atoms with Crippen molar-refractivity contribution in [2.24, 2.45) is 0 Å². The van der Waals surface area contributed by atoms with E-state index in [2.05, 4.69) is 9.97 Å². The number of fused-ring (bicyclic) bond motifs is 1. The molecule has 0 atom stereocenters. The molecule has 0 saturated heterocycles. The zero-order valence-electron chi connectivity index (χ0n) is 16.1. The lowest BCUT2D eigenvalue weighted by Crippen LogP contribution is -2.17. The topological polar surface area (TPSA) is 85.1 Å². The molecule has 4 rings (SSSR count). The third-order valence-electron chi connectivity index (χ3n) is 4.44. The predicted octanol–water partition coefficient (Wildman–Crippen LogP) is 5.73. The Kier molecular flexibility index (Phi) is 5.31. The number of sulfonamides is 1. The Morgan fingerprint density at radius 1 is 0.848 bits per heavy atom. The molecule has 4 aromatic rings. The molecule has 172 valence electrons. The molecule has 0 bridgehead atoms. The van der Waals surface area contributed by atoms with Crippen LogP contribution in [0.5, 0.6) is 0 Å². The Balaban J connectivity index is 1.79. The summed E-state index contributed by atoms with van der Waals surface area (Å²) in [4.78, 5) is 6.91. The summed E-state index contributed by atoms with van der Waals surface area (Å²) in [6, 6.07) is 8.84. The molecule has 0 aliphatic carbocycles. The van der Waals surface area contributed by atoms with E-state index in [9.17, 15) is 34.8 Å². The SMILES string of the molecule is O=S(=O)(Nc1ccccc1-c1nc2ncccc2o1)c1cc(C(F)(F)F)cc(C(F)(F)F)c1. The molecule has 0 unspecified atom stereocenters. The van der Waals surface area contributed by atoms with Crippen LogP contribution in [0.15, 0.2) is 70.1 Å². The molecule has 2 aromatic heterocycles. The van der Waals surface area contributed by atoms with E-state index >= 15 is 0 Å². The van der Waals surface area contributed by atoms with Gasteiger partial charge in [-0.3, -0.25) is 4.72 Å². The van der Waals surface area contributed by atoms with Crippen LogP contribution in [0.2, 0.25) is 0 Å². The summed E-state index contributed by atoms with van der Waals surface area (Å²) in [7, 11) is -4.87. The number of para-hydroxylation sites is 1. The van der Waals surface area contributed by atoms with E-state index in [-0.39, 0.29) is 46.6 Å². The van der Waals surface area contributed by atoms with Crippen LogP contribution in [-0.2, 0) is 22.4 Å². The Labute approximate surface area is 181 Å². The number of nitrogens with zero attached hydrogens (tertiary/aromatic N) is 2. The van der Waals surface area contributed by atoms with E-state index in [1.54, 1.807) is 12.1 Å². The summed E-state index contributed by atoms with van der Waals surface area (Å²) in [5.41, 5.74) is -3.07. The fourth-order valence-electron chi connectivity index (χ4n) is 2.93. The van der Waals surface area contributed by atoms with Crippen LogP contribution in [-0.4, -0.2) is 18.4 Å². The first-order valence-corrected chi connectivity index (χ1v) is 10.5. The minimum absolute atomic E-state index is 0.0537. The van der Waals surface area contributed by atoms with Gasteiger partial charge >= 0.3 is 12.4 Å². The monoisotopic (exact) mass is 487 g/mol. The van der Waals surface area contributed by atoms with Gasteiger partial charge in [-0.2, -0.15) is 31.3 Å². The molecule has 0 fully saturated rings. The number of aromatic nitrogens is 2. The van der Waals surface area contributed by atoms with E-state index < -0.39 is 38.4 Å². The largest absolute Gasteiger partial charge is 0.434 e. The second-order valence-corrected chi connectivity index (χ2v) is 8.42. The van der Waals surface area contributed by atoms with Crippen molar-refractivity contribution in [2.45, 2.75) is 17.2 Å². The Bertz CT molecular complexity index is 1380. The van der Waals surface area contributed by atoms with Crippen molar-refractivity contribution >= 4 is 26.9 Å². The Hall–Kier alpha value is -3.61. The van der Waals surface area contributed by atoms with Crippen LogP contribution >= 0.6 is 0 Å². The number of hydrogen-bond donors (Lipinski definition) is 1. The van der Waals surface area contributed by atoms with E-state index in [1.807, 2.05) is 4.72 Å². The van der Waals surface area contributed by atoms with Gasteiger partial charge in [-0.05, 0) is 42.5 Å². The second kappa shape index (κ2) is 7.76. The summed E-state index contributed by atoms with van der Waals surface area (Å²) < 4.78 is 112. The fraction of sp³-hybridized carbons (Fsp3) is 0.100. The van der Waals surface area contributed by atoms with E-state index in [1.165, 1.54) is 30.5 Å². The number of alkyl halides is 6. The fourth-order valence-corrected chi connectivity index (χ4v) is 4.08. The number of oxazole rings is 1. The lowest BCUT2D eigenvalue weighted by atomic mass is 10.1. The van der Waals surface area contributed by atoms with Crippen molar-refractivity contribution in [3.63, 3.8) is 0 Å². The normalized spacial score (nSPS) is 12.8. The van der Waals surface area contributed by atoms with Gasteiger partial charge in [0.25, 0.3) is 10.0 Å². The van der Waals surface area contributed by atoms with Gasteiger partial charge in [0.05, 0.1) is 27.3 Å². The maximum Gasteiger partial charge on any atom is 0.416 e. The summed E-state index contributed by atoms with van der Waals surface area (Å²) in [5, 5.41) is 0. The van der Waals surface area contributed by atoms with Crippen LogP contribution in [0.3, 0.4) is 0 Å². The maximum absolute atomic E-state index is 13.1. The highest BCUT2D eigenvalue weighted by Crippen LogP contribution is 2.38. The summed E-state index contributed by atoms with van der Waals surface area (Å²) in [6.07, 6.45) is -8.95. The zero-order chi connectivity index (χ0) is 24.0. The molecule has 33 heavy (non-hydrogen) atoms. The van der Waals surface area contributed by atoms with Gasteiger partial charge in [-0.15, -0.1) is 0 Å². The Morgan fingerprint density at radius 2 is 1.48 bits per heavy atom. The van der Waals surface area contributed by atoms with Crippen molar-refractivity contribution in [2.75, 3.05) is 4.72 Å². The summed E-state index contributed by atoms with van der Waals surface area (Å²) in [5.74, 6) is -0.0537. The zero-order valence-corrected chi connectivity index (χ0v) is 16.9. The van der Waals surface area contributed by atoms with Crippen LogP contribution in [0.4, 0.5) is 32.0 Å². The number of nitrogens with one attached hydrogen (secondary N) is 1. The van der Waals surface area contributed by atoms with Gasteiger partial charge in [0.15, 0.2) is 11.2 Å². The van der Waals surface area contributed by atoms with Crippen molar-refractivity contribution in [1.82, 2.24) is 9.97 Å². The van der Waals surface area contributed by atoms with Crippen molar-refractivity contribution < 1.29 is 39.2 Å². The lowest BCUT2D eigenvalue weighted by Gasteiger charge is -2.16. The summed E-state index contributed by atoms with van der Waals surface area (Å²) in [6.45, 7) is 0. The third kappa shape index (κ3) is 4.62. The van der Waals surface area contributed by atoms with Gasteiger partial charge < -0.3 is 4.42 Å². The third-order valence-corrected chi connectivity index (χ3v) is 5.78. The second-order valence-electron chi connectivity index (χ2n) is 6.74. The van der Waals surface area contributed by atoms with Gasteiger partial charge in [0, 0.05) is 6.20 Å². The van der Waals surface area contributed by atoms with Crippen LogP contribution < -0.4 is 4.72 Å². The number of benzene rings is 2. The van der Waals surface area contributed by atoms with E-state index in [0.717, 1.165) is 0 Å². The molecule has 6 nitrogen and oxygen atoms in total. The minimum atomic E-state index is -5.20. The van der Waals surface area contributed by atoms with E-state index in [0.29, 0.717) is 0 Å². The first-order chi connectivity index (χ1) is 15.3. The minimum Gasteiger partial charge on any atom is -0.434 e. The maximum atomic E-state index is 13.1. The molecule has 2 heterocycles. The van der Waals surface area contributed by atoms with Gasteiger partial charge in [-0.25, -0.2) is 13.4 Å². The first-order valence-electron chi connectivity index (χ1n) is 8.98. The number of pyridine rings is 1. The van der Waals surface area contributed by atoms with E-state index in [4.69, 9.17) is 4.42 Å². The highest BCUT2D eigenvalue weighted by molar-refractivity contribution is 7.92. The number of hydrogen-bond acceptors (Lipinski definition) is 5. The Morgan fingerprint density at radius 3 is 2.09 bits per heavy atom. The summed E-state index contributed by atoms with van der Waals surface area (Å²) >= 11 is 0. The molecular weight excluding hydrogens is 476 g/mol. The van der Waals surface area contributed by atoms with Crippen molar-refractivity contribution in [1.29, 1.82) is 0 Å². The number of anilines is 1. The van der Waals surface area contributed by atoms with Crippen LogP contribution in [0.1, 0.15) is 11.1 Å². The molecule has 0 radical (unpaired) electrons. The molecule has 1 N–H and O–H groups in total. The van der Waals surface area contributed by atoms with Crippen LogP contribution in [0, 0.1) is 0 Å². The molecule has 0 amide bonds. The van der Waals surface area contributed by atoms with Crippen molar-refractivity contribution in [3.8, 4) is 11.5 Å². The molecule has 0 spiro atoms. The van der Waals surface area contributed by atoms with Crippen molar-refractivity contribution in [3.05, 3.63) is 71.9 Å². The smallest absolute Gasteiger partial charge is 0.416 e. The number of rotatable bonds is 4. The highest BCUT2D eigenvalue weighted by atomic mass is 32.2. The quantitative estimate of drug-likeness (QED) is 0.372. The van der Waals surface area contributed by atoms with Gasteiger partial charge in [0.2, 0.25) is 5.89 Å². The van der Waals surface area contributed by atoms with Gasteiger partial charge in [0.1, 0.15) is 0 Å². The molecule has 2 aromatic carbocycles. The lowest BCUT2D eigenvalue weighted by molar-refractivity contribution is -0.143. The molecule has 0 saturated carbocycles.